The maximum atomic E-state index is 4.28. The Labute approximate surface area is 91.8 Å². The summed E-state index contributed by atoms with van der Waals surface area (Å²) in [6.07, 6.45) is 6.85. The molecule has 0 aliphatic heterocycles. The Morgan fingerprint density at radius 2 is 2.27 bits per heavy atom. The van der Waals surface area contributed by atoms with Gasteiger partial charge in [0.15, 0.2) is 0 Å². The summed E-state index contributed by atoms with van der Waals surface area (Å²) < 4.78 is 2.03. The summed E-state index contributed by atoms with van der Waals surface area (Å²) in [5.74, 6) is 0. The van der Waals surface area contributed by atoms with Crippen LogP contribution in [0, 0.1) is 0 Å². The molecule has 0 aliphatic rings. The second kappa shape index (κ2) is 3.51. The number of nitrogens with zero attached hydrogens (tertiary/aromatic N) is 2. The highest BCUT2D eigenvalue weighted by Crippen LogP contribution is 2.15. The first-order valence-electron chi connectivity index (χ1n) is 4.86. The monoisotopic (exact) mass is 214 g/mol. The van der Waals surface area contributed by atoms with Gasteiger partial charge in [0.05, 0.1) is 0 Å². The van der Waals surface area contributed by atoms with Crippen LogP contribution in [0.15, 0.2) is 48.2 Å². The fourth-order valence-electron chi connectivity index (χ4n) is 1.68. The van der Waals surface area contributed by atoms with Gasteiger partial charge in [-0.3, -0.25) is 0 Å². The zero-order valence-electron chi connectivity index (χ0n) is 8.13. The molecule has 0 spiro atoms. The average molecular weight is 214 g/mol. The smallest absolute Gasteiger partial charge is 0.136 e. The first kappa shape index (κ1) is 8.68. The van der Waals surface area contributed by atoms with Crippen molar-refractivity contribution in [1.82, 2.24) is 9.38 Å². The van der Waals surface area contributed by atoms with E-state index in [0.29, 0.717) is 0 Å². The molecule has 0 unspecified atom stereocenters. The third-order valence-electron chi connectivity index (χ3n) is 2.42. The summed E-state index contributed by atoms with van der Waals surface area (Å²) in [4.78, 5) is 5.67. The van der Waals surface area contributed by atoms with Crippen molar-refractivity contribution >= 4 is 17.0 Å². The van der Waals surface area contributed by atoms with Crippen molar-refractivity contribution in [3.8, 4) is 0 Å². The van der Waals surface area contributed by atoms with Crippen LogP contribution < -0.4 is 0 Å². The highest BCUT2D eigenvalue weighted by Gasteiger charge is 1.99. The summed E-state index contributed by atoms with van der Waals surface area (Å²) in [6.45, 7) is 0. The Balaban J connectivity index is 1.97. The zero-order chi connectivity index (χ0) is 10.1. The van der Waals surface area contributed by atoms with Crippen LogP contribution in [0.2, 0.25) is 0 Å². The van der Waals surface area contributed by atoms with E-state index in [9.17, 15) is 0 Å². The average Bonchev–Trinajstić information content (AvgIpc) is 2.87. The van der Waals surface area contributed by atoms with Gasteiger partial charge in [-0.25, -0.2) is 4.98 Å². The number of fused-ring (bicyclic) bond motifs is 1. The number of pyridine rings is 1. The molecule has 3 aromatic heterocycles. The van der Waals surface area contributed by atoms with Crippen molar-refractivity contribution in [3.05, 3.63) is 58.7 Å². The molecule has 15 heavy (non-hydrogen) atoms. The van der Waals surface area contributed by atoms with Gasteiger partial charge in [-0.05, 0) is 29.1 Å². The molecule has 3 heteroatoms. The zero-order valence-corrected chi connectivity index (χ0v) is 8.95. The molecule has 0 saturated heterocycles. The van der Waals surface area contributed by atoms with Crippen molar-refractivity contribution < 1.29 is 0 Å². The standard InChI is InChI=1S/C12H10N2S/c1-2-11(15-7-1)8-10-3-5-14-6-4-13-12(14)9-10/h1-7,9H,8H2. The van der Waals surface area contributed by atoms with Gasteiger partial charge in [0.1, 0.15) is 5.65 Å². The summed E-state index contributed by atoms with van der Waals surface area (Å²) in [5.41, 5.74) is 2.33. The van der Waals surface area contributed by atoms with E-state index in [1.165, 1.54) is 10.4 Å². The normalized spacial score (nSPS) is 10.9. The second-order valence-corrected chi connectivity index (χ2v) is 4.52. The van der Waals surface area contributed by atoms with Gasteiger partial charge in [-0.2, -0.15) is 0 Å². The van der Waals surface area contributed by atoms with Crippen LogP contribution >= 0.6 is 11.3 Å². The Bertz CT molecular complexity index is 566. The molecule has 0 atom stereocenters. The molecular formula is C12H10N2S. The molecule has 0 bridgehead atoms. The molecule has 0 saturated carbocycles. The summed E-state index contributed by atoms with van der Waals surface area (Å²) >= 11 is 1.80. The summed E-state index contributed by atoms with van der Waals surface area (Å²) in [7, 11) is 0. The van der Waals surface area contributed by atoms with Crippen LogP contribution in [-0.4, -0.2) is 9.38 Å². The Morgan fingerprint density at radius 3 is 3.13 bits per heavy atom. The molecule has 3 rings (SSSR count). The van der Waals surface area contributed by atoms with E-state index in [1.807, 2.05) is 16.8 Å². The van der Waals surface area contributed by atoms with Crippen molar-refractivity contribution in [2.45, 2.75) is 6.42 Å². The largest absolute Gasteiger partial charge is 0.307 e. The van der Waals surface area contributed by atoms with Gasteiger partial charge < -0.3 is 4.40 Å². The molecule has 3 heterocycles. The molecule has 2 nitrogen and oxygen atoms in total. The highest BCUT2D eigenvalue weighted by molar-refractivity contribution is 7.09. The predicted octanol–water partition coefficient (Wildman–Crippen LogP) is 2.99. The third kappa shape index (κ3) is 1.66. The minimum Gasteiger partial charge on any atom is -0.307 e. The van der Waals surface area contributed by atoms with Gasteiger partial charge in [0, 0.05) is 29.9 Å². The van der Waals surface area contributed by atoms with E-state index < -0.39 is 0 Å². The lowest BCUT2D eigenvalue weighted by atomic mass is 10.2. The number of thiophene rings is 1. The van der Waals surface area contributed by atoms with Crippen LogP contribution in [0.25, 0.3) is 5.65 Å². The topological polar surface area (TPSA) is 17.3 Å². The number of hydrogen-bond donors (Lipinski definition) is 0. The molecule has 0 aromatic carbocycles. The van der Waals surface area contributed by atoms with Gasteiger partial charge >= 0.3 is 0 Å². The number of rotatable bonds is 2. The molecule has 0 amide bonds. The van der Waals surface area contributed by atoms with Gasteiger partial charge in [-0.15, -0.1) is 11.3 Å². The molecule has 0 fully saturated rings. The maximum Gasteiger partial charge on any atom is 0.136 e. The fraction of sp³-hybridized carbons (Fsp3) is 0.0833. The molecule has 74 valence electrons. The number of aromatic nitrogens is 2. The van der Waals surface area contributed by atoms with E-state index in [0.717, 1.165) is 12.1 Å². The van der Waals surface area contributed by atoms with Crippen LogP contribution in [0.5, 0.6) is 0 Å². The van der Waals surface area contributed by atoms with Crippen LogP contribution in [0.3, 0.4) is 0 Å². The minimum atomic E-state index is 1.00. The van der Waals surface area contributed by atoms with E-state index in [2.05, 4.69) is 40.8 Å². The van der Waals surface area contributed by atoms with Crippen LogP contribution in [-0.2, 0) is 6.42 Å². The van der Waals surface area contributed by atoms with Gasteiger partial charge in [0.2, 0.25) is 0 Å². The van der Waals surface area contributed by atoms with Gasteiger partial charge in [0.25, 0.3) is 0 Å². The highest BCUT2D eigenvalue weighted by atomic mass is 32.1. The fourth-order valence-corrected chi connectivity index (χ4v) is 2.42. The quantitative estimate of drug-likeness (QED) is 0.641. The van der Waals surface area contributed by atoms with E-state index in [4.69, 9.17) is 0 Å². The van der Waals surface area contributed by atoms with E-state index >= 15 is 0 Å². The van der Waals surface area contributed by atoms with Gasteiger partial charge in [-0.1, -0.05) is 6.07 Å². The second-order valence-electron chi connectivity index (χ2n) is 3.48. The molecule has 0 radical (unpaired) electrons. The molecule has 3 aromatic rings. The number of hydrogen-bond acceptors (Lipinski definition) is 2. The summed E-state index contributed by atoms with van der Waals surface area (Å²) in [6, 6.07) is 8.54. The Hall–Kier alpha value is -1.61. The van der Waals surface area contributed by atoms with Crippen molar-refractivity contribution in [2.24, 2.45) is 0 Å². The minimum absolute atomic E-state index is 1.00. The Morgan fingerprint density at radius 1 is 1.27 bits per heavy atom. The van der Waals surface area contributed by atoms with Crippen molar-refractivity contribution in [3.63, 3.8) is 0 Å². The molecule has 0 aliphatic carbocycles. The first-order valence-corrected chi connectivity index (χ1v) is 5.74. The third-order valence-corrected chi connectivity index (χ3v) is 3.30. The molecule has 0 N–H and O–H groups in total. The van der Waals surface area contributed by atoms with Crippen molar-refractivity contribution in [2.75, 3.05) is 0 Å². The lowest BCUT2D eigenvalue weighted by molar-refractivity contribution is 1.14. The Kier molecular flexibility index (Phi) is 2.03. The van der Waals surface area contributed by atoms with Crippen LogP contribution in [0.1, 0.15) is 10.4 Å². The molecular weight excluding hydrogens is 204 g/mol. The SMILES string of the molecule is c1csc(Cc2ccn3ccnc3c2)c1. The number of imidazole rings is 1. The van der Waals surface area contributed by atoms with E-state index in [1.54, 1.807) is 11.3 Å². The lowest BCUT2D eigenvalue weighted by Gasteiger charge is -1.99. The summed E-state index contributed by atoms with van der Waals surface area (Å²) in [5, 5.41) is 2.11. The maximum absolute atomic E-state index is 4.28. The van der Waals surface area contributed by atoms with E-state index in [-0.39, 0.29) is 0 Å². The predicted molar refractivity (Wildman–Crippen MR) is 62.3 cm³/mol. The lowest BCUT2D eigenvalue weighted by Crippen LogP contribution is -1.88. The van der Waals surface area contributed by atoms with Crippen molar-refractivity contribution in [1.29, 1.82) is 0 Å². The van der Waals surface area contributed by atoms with Crippen LogP contribution in [0.4, 0.5) is 0 Å². The first-order chi connectivity index (χ1) is 7.42.